The molecule has 10 heteroatoms. The van der Waals surface area contributed by atoms with Gasteiger partial charge in [0.25, 0.3) is 5.91 Å². The van der Waals surface area contributed by atoms with Gasteiger partial charge in [-0.1, -0.05) is 37.3 Å². The second-order valence-corrected chi connectivity index (χ2v) is 10.3. The van der Waals surface area contributed by atoms with Crippen LogP contribution < -0.4 is 10.2 Å². The first kappa shape index (κ1) is 22.5. The molecule has 0 spiro atoms. The molecule has 1 aliphatic heterocycles. The van der Waals surface area contributed by atoms with Gasteiger partial charge in [0.15, 0.2) is 10.9 Å². The monoisotopic (exact) mass is 489 g/mol. The summed E-state index contributed by atoms with van der Waals surface area (Å²) in [5, 5.41) is 2.21. The van der Waals surface area contributed by atoms with Gasteiger partial charge in [-0.2, -0.15) is 13.2 Å². The van der Waals surface area contributed by atoms with Crippen LogP contribution in [-0.2, 0) is 9.59 Å². The molecule has 0 fully saturated rings. The summed E-state index contributed by atoms with van der Waals surface area (Å²) < 4.78 is 58.9. The van der Waals surface area contributed by atoms with E-state index >= 15 is 0 Å². The van der Waals surface area contributed by atoms with Gasteiger partial charge in [-0.05, 0) is 48.2 Å². The van der Waals surface area contributed by atoms with Crippen LogP contribution in [-0.4, -0.2) is 28.4 Å². The maximum Gasteiger partial charge on any atom is 0.425 e. The van der Waals surface area contributed by atoms with Crippen molar-refractivity contribution in [1.82, 2.24) is 4.98 Å². The molecule has 176 valence electrons. The number of alkyl halides is 3. The summed E-state index contributed by atoms with van der Waals surface area (Å²) >= 11 is 0.964. The van der Waals surface area contributed by atoms with E-state index in [1.807, 2.05) is 0 Å². The van der Waals surface area contributed by atoms with Crippen LogP contribution in [0.25, 0.3) is 10.2 Å². The molecule has 0 radical (unpaired) electrons. The van der Waals surface area contributed by atoms with E-state index in [1.54, 1.807) is 38.1 Å². The highest BCUT2D eigenvalue weighted by atomic mass is 32.1. The lowest BCUT2D eigenvalue weighted by atomic mass is 9.72. The molecule has 1 aromatic heterocycles. The number of nitrogens with zero attached hydrogens (tertiary/aromatic N) is 2. The van der Waals surface area contributed by atoms with Gasteiger partial charge in [0.05, 0.1) is 15.8 Å². The fourth-order valence-electron chi connectivity index (χ4n) is 4.70. The molecule has 1 N–H and O–H groups in total. The molecule has 0 saturated carbocycles. The number of halogens is 4. The number of allylic oxidation sites excluding steroid dienone is 1. The Labute approximate surface area is 196 Å². The molecule has 5 nitrogen and oxygen atoms in total. The number of benzene rings is 2. The lowest BCUT2D eigenvalue weighted by Gasteiger charge is -2.35. The highest BCUT2D eigenvalue weighted by Gasteiger charge is 2.71. The second-order valence-electron chi connectivity index (χ2n) is 9.24. The van der Waals surface area contributed by atoms with E-state index in [0.717, 1.165) is 28.4 Å². The predicted octanol–water partition coefficient (Wildman–Crippen LogP) is 5.84. The van der Waals surface area contributed by atoms with Gasteiger partial charge in [-0.15, -0.1) is 0 Å². The topological polar surface area (TPSA) is 62.3 Å². The normalized spacial score (nSPS) is 22.5. The number of nitrogens with one attached hydrogen (secondary N) is 1. The smallest absolute Gasteiger partial charge is 0.336 e. The second kappa shape index (κ2) is 7.36. The van der Waals surface area contributed by atoms with E-state index in [4.69, 9.17) is 0 Å². The van der Waals surface area contributed by atoms with Gasteiger partial charge in [0, 0.05) is 17.8 Å². The van der Waals surface area contributed by atoms with Crippen LogP contribution in [0.2, 0.25) is 0 Å². The first-order valence-electron chi connectivity index (χ1n) is 10.5. The SMILES string of the molecule is CC1(C)CC(=O)C2=C(C1)N(c1ccc(F)cc1)C(=O)[C@]2(Nc1nc2ccccc2s1)C(F)(F)F. The number of Topliss-reactive ketones (excluding diaryl/α,β-unsaturated/α-hetero) is 1. The lowest BCUT2D eigenvalue weighted by molar-refractivity contribution is -0.175. The number of para-hydroxylation sites is 1. The van der Waals surface area contributed by atoms with Crippen LogP contribution in [0.5, 0.6) is 0 Å². The maximum absolute atomic E-state index is 14.9. The molecule has 1 aliphatic carbocycles. The quantitative estimate of drug-likeness (QED) is 0.470. The Kier molecular flexibility index (Phi) is 4.88. The van der Waals surface area contributed by atoms with Gasteiger partial charge < -0.3 is 5.32 Å². The van der Waals surface area contributed by atoms with E-state index in [0.29, 0.717) is 10.2 Å². The minimum absolute atomic E-state index is 0.0243. The summed E-state index contributed by atoms with van der Waals surface area (Å²) in [7, 11) is 0. The summed E-state index contributed by atoms with van der Waals surface area (Å²) in [6, 6.07) is 11.4. The molecular weight excluding hydrogens is 470 g/mol. The Bertz CT molecular complexity index is 1330. The summed E-state index contributed by atoms with van der Waals surface area (Å²) in [6.07, 6.45) is -5.24. The molecule has 0 bridgehead atoms. The van der Waals surface area contributed by atoms with Crippen molar-refractivity contribution in [3.05, 3.63) is 65.6 Å². The highest BCUT2D eigenvalue weighted by molar-refractivity contribution is 7.22. The number of amides is 1. The number of ketones is 1. The van der Waals surface area contributed by atoms with Gasteiger partial charge in [0.2, 0.25) is 5.54 Å². The number of aromatic nitrogens is 1. The first-order chi connectivity index (χ1) is 15.9. The Morgan fingerprint density at radius 2 is 1.71 bits per heavy atom. The van der Waals surface area contributed by atoms with E-state index in [-0.39, 0.29) is 29.4 Å². The Morgan fingerprint density at radius 1 is 1.03 bits per heavy atom. The molecule has 2 aromatic carbocycles. The minimum Gasteiger partial charge on any atom is -0.336 e. The third-order valence-corrected chi connectivity index (χ3v) is 7.07. The number of rotatable bonds is 3. The highest BCUT2D eigenvalue weighted by Crippen LogP contribution is 2.54. The van der Waals surface area contributed by atoms with Crippen molar-refractivity contribution in [3.8, 4) is 0 Å². The van der Waals surface area contributed by atoms with Crippen molar-refractivity contribution >= 4 is 44.1 Å². The standard InChI is InChI=1S/C24H19F4N3O2S/c1-22(2)11-16-19(17(32)12-22)23(24(26,27)28,20(33)31(16)14-9-7-13(25)8-10-14)30-21-29-15-5-3-4-6-18(15)34-21/h3-10H,11-12H2,1-2H3,(H,29,30)/t23-/m0/s1. The zero-order chi connectivity index (χ0) is 24.5. The van der Waals surface area contributed by atoms with E-state index < -0.39 is 40.2 Å². The molecule has 2 aliphatic rings. The molecule has 2 heterocycles. The lowest BCUT2D eigenvalue weighted by Crippen LogP contribution is -2.61. The van der Waals surface area contributed by atoms with Crippen molar-refractivity contribution < 1.29 is 27.2 Å². The van der Waals surface area contributed by atoms with Gasteiger partial charge in [0.1, 0.15) is 5.82 Å². The average Bonchev–Trinajstić information content (AvgIpc) is 3.24. The van der Waals surface area contributed by atoms with E-state index in [2.05, 4.69) is 10.3 Å². The molecule has 5 rings (SSSR count). The minimum atomic E-state index is -5.16. The Morgan fingerprint density at radius 3 is 2.35 bits per heavy atom. The number of carbonyl (C=O) groups excluding carboxylic acids is 2. The average molecular weight is 489 g/mol. The molecule has 0 saturated heterocycles. The van der Waals surface area contributed by atoms with Crippen molar-refractivity contribution in [3.63, 3.8) is 0 Å². The van der Waals surface area contributed by atoms with E-state index in [1.165, 1.54) is 12.1 Å². The summed E-state index contributed by atoms with van der Waals surface area (Å²) in [4.78, 5) is 32.1. The Hall–Kier alpha value is -3.27. The van der Waals surface area contributed by atoms with Crippen LogP contribution in [0.3, 0.4) is 0 Å². The van der Waals surface area contributed by atoms with Crippen LogP contribution in [0.1, 0.15) is 26.7 Å². The van der Waals surface area contributed by atoms with Crippen LogP contribution >= 0.6 is 11.3 Å². The van der Waals surface area contributed by atoms with E-state index in [9.17, 15) is 27.2 Å². The summed E-state index contributed by atoms with van der Waals surface area (Å²) in [6.45, 7) is 3.52. The largest absolute Gasteiger partial charge is 0.425 e. The van der Waals surface area contributed by atoms with Crippen LogP contribution in [0.4, 0.5) is 28.4 Å². The fraction of sp³-hybridized carbons (Fsp3) is 0.292. The molecular formula is C24H19F4N3O2S. The van der Waals surface area contributed by atoms with Crippen molar-refractivity contribution in [2.24, 2.45) is 5.41 Å². The Balaban J connectivity index is 1.74. The number of carbonyl (C=O) groups is 2. The molecule has 1 atom stereocenters. The third-order valence-electron chi connectivity index (χ3n) is 6.12. The molecule has 0 unspecified atom stereocenters. The van der Waals surface area contributed by atoms with Crippen LogP contribution in [0.15, 0.2) is 59.8 Å². The number of anilines is 2. The predicted molar refractivity (Wildman–Crippen MR) is 121 cm³/mol. The zero-order valence-corrected chi connectivity index (χ0v) is 19.0. The number of thiazole rings is 1. The molecule has 34 heavy (non-hydrogen) atoms. The van der Waals surface area contributed by atoms with Crippen LogP contribution in [0, 0.1) is 11.2 Å². The first-order valence-corrected chi connectivity index (χ1v) is 11.3. The van der Waals surface area contributed by atoms with Crippen molar-refractivity contribution in [1.29, 1.82) is 0 Å². The molecule has 3 aromatic rings. The summed E-state index contributed by atoms with van der Waals surface area (Å²) in [5.74, 6) is -2.71. The summed E-state index contributed by atoms with van der Waals surface area (Å²) in [5.41, 5.74) is -4.08. The van der Waals surface area contributed by atoms with Crippen molar-refractivity contribution in [2.45, 2.75) is 38.4 Å². The molecule has 1 amide bonds. The number of hydrogen-bond acceptors (Lipinski definition) is 5. The van der Waals surface area contributed by atoms with Gasteiger partial charge in [-0.3, -0.25) is 14.5 Å². The van der Waals surface area contributed by atoms with Gasteiger partial charge >= 0.3 is 6.18 Å². The maximum atomic E-state index is 14.9. The number of hydrogen-bond donors (Lipinski definition) is 1. The fourth-order valence-corrected chi connectivity index (χ4v) is 5.62. The number of fused-ring (bicyclic) bond motifs is 1. The van der Waals surface area contributed by atoms with Crippen molar-refractivity contribution in [2.75, 3.05) is 10.2 Å². The zero-order valence-electron chi connectivity index (χ0n) is 18.2. The third kappa shape index (κ3) is 3.31. The van der Waals surface area contributed by atoms with Gasteiger partial charge in [-0.25, -0.2) is 9.37 Å².